The van der Waals surface area contributed by atoms with Gasteiger partial charge in [-0.15, -0.1) is 0 Å². The molecule has 0 aliphatic rings. The second-order valence-corrected chi connectivity index (χ2v) is 3.66. The highest BCUT2D eigenvalue weighted by Crippen LogP contribution is 2.31. The van der Waals surface area contributed by atoms with Crippen LogP contribution >= 0.6 is 23.2 Å². The molecule has 0 bridgehead atoms. The van der Waals surface area contributed by atoms with Gasteiger partial charge in [-0.05, 0) is 12.1 Å². The van der Waals surface area contributed by atoms with Crippen molar-refractivity contribution >= 4 is 29.5 Å². The molecular weight excluding hydrogens is 242 g/mol. The van der Waals surface area contributed by atoms with Crippen LogP contribution in [0.25, 0.3) is 0 Å². The first kappa shape index (κ1) is 12.3. The summed E-state index contributed by atoms with van der Waals surface area (Å²) in [6.45, 7) is -0.291. The van der Waals surface area contributed by atoms with Gasteiger partial charge in [0.15, 0.2) is 6.29 Å². The van der Waals surface area contributed by atoms with Crippen molar-refractivity contribution in [3.63, 3.8) is 0 Å². The molecule has 1 aromatic rings. The summed E-state index contributed by atoms with van der Waals surface area (Å²) >= 11 is 11.5. The topological polar surface area (TPSA) is 26.3 Å². The van der Waals surface area contributed by atoms with Crippen molar-refractivity contribution in [1.82, 2.24) is 0 Å². The molecule has 0 heterocycles. The monoisotopic (exact) mass is 250 g/mol. The first-order valence-corrected chi connectivity index (χ1v) is 5.07. The summed E-state index contributed by atoms with van der Waals surface area (Å²) in [5.74, 6) is 0.254. The number of alkyl halides is 1. The predicted molar refractivity (Wildman–Crippen MR) is 57.9 cm³/mol. The molecule has 0 atom stereocenters. The van der Waals surface area contributed by atoms with Gasteiger partial charge in [0.25, 0.3) is 0 Å². The summed E-state index contributed by atoms with van der Waals surface area (Å²) in [4.78, 5) is 10.7. The Morgan fingerprint density at radius 2 is 2.13 bits per heavy atom. The highest BCUT2D eigenvalue weighted by atomic mass is 35.5. The Balaban J connectivity index is 2.89. The van der Waals surface area contributed by atoms with Gasteiger partial charge in [-0.3, -0.25) is 9.18 Å². The maximum absolute atomic E-state index is 11.8. The third-order valence-corrected chi connectivity index (χ3v) is 2.19. The van der Waals surface area contributed by atoms with Crippen LogP contribution in [0.4, 0.5) is 4.39 Å². The first-order valence-electron chi connectivity index (χ1n) is 4.32. The number of hydrogen-bond donors (Lipinski definition) is 0. The molecule has 0 unspecified atom stereocenters. The summed E-state index contributed by atoms with van der Waals surface area (Å²) in [5.41, 5.74) is 0.270. The molecule has 15 heavy (non-hydrogen) atoms. The average molecular weight is 251 g/mol. The lowest BCUT2D eigenvalue weighted by molar-refractivity contribution is 0.111. The maximum Gasteiger partial charge on any atom is 0.153 e. The van der Waals surface area contributed by atoms with Crippen LogP contribution < -0.4 is 4.74 Å². The highest BCUT2D eigenvalue weighted by Gasteiger charge is 2.09. The van der Waals surface area contributed by atoms with Gasteiger partial charge in [0.2, 0.25) is 0 Å². The third-order valence-electron chi connectivity index (χ3n) is 1.69. The molecular formula is C10H9Cl2FO2. The van der Waals surface area contributed by atoms with E-state index in [-0.39, 0.29) is 29.4 Å². The second-order valence-electron chi connectivity index (χ2n) is 2.81. The molecule has 1 rings (SSSR count). The Hall–Kier alpha value is -0.800. The molecule has 1 aromatic carbocycles. The number of aldehydes is 1. The Morgan fingerprint density at radius 3 is 2.73 bits per heavy atom. The molecule has 0 aliphatic heterocycles. The molecule has 0 amide bonds. The van der Waals surface area contributed by atoms with Gasteiger partial charge in [0.05, 0.1) is 23.9 Å². The minimum atomic E-state index is -0.471. The predicted octanol–water partition coefficient (Wildman–Crippen LogP) is 3.54. The van der Waals surface area contributed by atoms with Crippen molar-refractivity contribution in [2.75, 3.05) is 13.3 Å². The molecule has 5 heteroatoms. The lowest BCUT2D eigenvalue weighted by Crippen LogP contribution is -2.01. The molecule has 2 nitrogen and oxygen atoms in total. The quantitative estimate of drug-likeness (QED) is 0.590. The molecule has 0 saturated carbocycles. The molecule has 0 N–H and O–H groups in total. The fourth-order valence-electron chi connectivity index (χ4n) is 1.05. The third kappa shape index (κ3) is 3.36. The fourth-order valence-corrected chi connectivity index (χ4v) is 1.61. The summed E-state index contributed by atoms with van der Waals surface area (Å²) in [7, 11) is 0. The van der Waals surface area contributed by atoms with Crippen molar-refractivity contribution in [3.05, 3.63) is 27.7 Å². The van der Waals surface area contributed by atoms with Crippen molar-refractivity contribution in [2.45, 2.75) is 6.42 Å². The smallest absolute Gasteiger partial charge is 0.153 e. The first-order chi connectivity index (χ1) is 7.19. The Labute approximate surface area is 96.9 Å². The number of hydrogen-bond acceptors (Lipinski definition) is 2. The van der Waals surface area contributed by atoms with E-state index in [0.29, 0.717) is 11.3 Å². The zero-order chi connectivity index (χ0) is 11.3. The summed E-state index contributed by atoms with van der Waals surface area (Å²) < 4.78 is 17.0. The van der Waals surface area contributed by atoms with Gasteiger partial charge in [0.1, 0.15) is 5.75 Å². The van der Waals surface area contributed by atoms with Crippen LogP contribution in [0.5, 0.6) is 5.75 Å². The molecule has 0 saturated heterocycles. The number of carbonyl (C=O) groups excluding carboxylic acids is 1. The van der Waals surface area contributed by atoms with Gasteiger partial charge in [-0.1, -0.05) is 23.2 Å². The number of ether oxygens (including phenoxy) is 1. The van der Waals surface area contributed by atoms with E-state index in [1.54, 1.807) is 0 Å². The lowest BCUT2D eigenvalue weighted by atomic mass is 10.2. The molecule has 0 aromatic heterocycles. The van der Waals surface area contributed by atoms with Crippen LogP contribution in [0.15, 0.2) is 12.1 Å². The van der Waals surface area contributed by atoms with Crippen molar-refractivity contribution < 1.29 is 13.9 Å². The van der Waals surface area contributed by atoms with Gasteiger partial charge >= 0.3 is 0 Å². The van der Waals surface area contributed by atoms with Crippen LogP contribution in [0, 0.1) is 0 Å². The maximum atomic E-state index is 11.8. The number of rotatable bonds is 5. The minimum absolute atomic E-state index is 0.179. The number of halogens is 3. The van der Waals surface area contributed by atoms with E-state index >= 15 is 0 Å². The van der Waals surface area contributed by atoms with E-state index in [1.165, 1.54) is 12.1 Å². The van der Waals surface area contributed by atoms with Crippen LogP contribution in [-0.2, 0) is 0 Å². The van der Waals surface area contributed by atoms with E-state index in [9.17, 15) is 9.18 Å². The van der Waals surface area contributed by atoms with Gasteiger partial charge in [-0.25, -0.2) is 0 Å². The number of carbonyl (C=O) groups is 1. The highest BCUT2D eigenvalue weighted by molar-refractivity contribution is 6.36. The van der Waals surface area contributed by atoms with Crippen molar-refractivity contribution in [2.24, 2.45) is 0 Å². The van der Waals surface area contributed by atoms with E-state index in [0.717, 1.165) is 0 Å². The van der Waals surface area contributed by atoms with Crippen LogP contribution in [-0.4, -0.2) is 19.6 Å². The average Bonchev–Trinajstić information content (AvgIpc) is 2.20. The molecule has 0 fully saturated rings. The van der Waals surface area contributed by atoms with Gasteiger partial charge < -0.3 is 4.74 Å². The Kier molecular flexibility index (Phi) is 4.85. The minimum Gasteiger partial charge on any atom is -0.491 e. The molecule has 0 aliphatic carbocycles. The van der Waals surface area contributed by atoms with Gasteiger partial charge in [-0.2, -0.15) is 0 Å². The van der Waals surface area contributed by atoms with Crippen LogP contribution in [0.3, 0.4) is 0 Å². The SMILES string of the molecule is O=Cc1cc(Cl)cc(Cl)c1OCCCF. The lowest BCUT2D eigenvalue weighted by Gasteiger charge is -2.09. The molecule has 82 valence electrons. The summed E-state index contributed by atoms with van der Waals surface area (Å²) in [6.07, 6.45) is 0.861. The zero-order valence-electron chi connectivity index (χ0n) is 7.80. The van der Waals surface area contributed by atoms with E-state index in [2.05, 4.69) is 0 Å². The largest absolute Gasteiger partial charge is 0.491 e. The summed E-state index contributed by atoms with van der Waals surface area (Å²) in [5, 5.41) is 0.614. The summed E-state index contributed by atoms with van der Waals surface area (Å²) in [6, 6.07) is 2.92. The van der Waals surface area contributed by atoms with Crippen molar-refractivity contribution in [1.29, 1.82) is 0 Å². The second kappa shape index (κ2) is 5.93. The standard InChI is InChI=1S/C10H9Cl2FO2/c11-8-4-7(6-14)10(9(12)5-8)15-3-1-2-13/h4-6H,1-3H2. The fraction of sp³-hybridized carbons (Fsp3) is 0.300. The van der Waals surface area contributed by atoms with Gasteiger partial charge in [0, 0.05) is 11.4 Å². The Bertz CT molecular complexity index is 356. The number of benzene rings is 1. The van der Waals surface area contributed by atoms with Crippen molar-refractivity contribution in [3.8, 4) is 5.75 Å². The Morgan fingerprint density at radius 1 is 1.40 bits per heavy atom. The molecule has 0 radical (unpaired) electrons. The van der Waals surface area contributed by atoms with Crippen LogP contribution in [0.2, 0.25) is 10.0 Å². The zero-order valence-corrected chi connectivity index (χ0v) is 9.32. The van der Waals surface area contributed by atoms with E-state index in [4.69, 9.17) is 27.9 Å². The molecule has 0 spiro atoms. The van der Waals surface area contributed by atoms with E-state index in [1.807, 2.05) is 0 Å². The normalized spacial score (nSPS) is 10.1. The van der Waals surface area contributed by atoms with Crippen LogP contribution in [0.1, 0.15) is 16.8 Å². The van der Waals surface area contributed by atoms with E-state index < -0.39 is 6.67 Å².